The number of furan rings is 1. The molecule has 0 saturated heterocycles. The van der Waals surface area contributed by atoms with Crippen LogP contribution in [0.25, 0.3) is 11.0 Å². The standard InChI is InChI=1S/C17H17NO3/c1-19-13-6-4-7-14(10-13)20-11-15(18)17-9-12-5-2-3-8-16(12)21-17/h2-10,15H,11,18H2,1H3. The molecule has 0 radical (unpaired) electrons. The van der Waals surface area contributed by atoms with Crippen molar-refractivity contribution in [1.29, 1.82) is 0 Å². The van der Waals surface area contributed by atoms with Crippen LogP contribution in [0.1, 0.15) is 11.8 Å². The van der Waals surface area contributed by atoms with E-state index in [1.54, 1.807) is 7.11 Å². The van der Waals surface area contributed by atoms with Crippen molar-refractivity contribution in [1.82, 2.24) is 0 Å². The van der Waals surface area contributed by atoms with Crippen molar-refractivity contribution >= 4 is 11.0 Å². The zero-order chi connectivity index (χ0) is 14.7. The third-order valence-corrected chi connectivity index (χ3v) is 3.28. The molecule has 1 aromatic heterocycles. The van der Waals surface area contributed by atoms with Gasteiger partial charge < -0.3 is 19.6 Å². The third-order valence-electron chi connectivity index (χ3n) is 3.28. The van der Waals surface area contributed by atoms with Crippen LogP contribution in [0.15, 0.2) is 59.0 Å². The summed E-state index contributed by atoms with van der Waals surface area (Å²) in [5, 5.41) is 1.05. The lowest BCUT2D eigenvalue weighted by molar-refractivity contribution is 0.274. The fraction of sp³-hybridized carbons (Fsp3) is 0.176. The Morgan fingerprint density at radius 1 is 1.05 bits per heavy atom. The van der Waals surface area contributed by atoms with Gasteiger partial charge in [0.25, 0.3) is 0 Å². The van der Waals surface area contributed by atoms with Crippen molar-refractivity contribution in [2.24, 2.45) is 5.73 Å². The van der Waals surface area contributed by atoms with Gasteiger partial charge in [-0.15, -0.1) is 0 Å². The molecule has 1 atom stereocenters. The molecule has 0 aliphatic carbocycles. The summed E-state index contributed by atoms with van der Waals surface area (Å²) in [4.78, 5) is 0. The first-order chi connectivity index (χ1) is 10.3. The van der Waals surface area contributed by atoms with Crippen LogP contribution in [0.3, 0.4) is 0 Å². The number of para-hydroxylation sites is 1. The van der Waals surface area contributed by atoms with Gasteiger partial charge in [0.1, 0.15) is 29.4 Å². The van der Waals surface area contributed by atoms with Crippen LogP contribution in [0, 0.1) is 0 Å². The van der Waals surface area contributed by atoms with E-state index in [0.717, 1.165) is 28.2 Å². The van der Waals surface area contributed by atoms with Gasteiger partial charge in [-0.3, -0.25) is 0 Å². The molecule has 4 heteroatoms. The first kappa shape index (κ1) is 13.5. The molecule has 3 rings (SSSR count). The van der Waals surface area contributed by atoms with Gasteiger partial charge >= 0.3 is 0 Å². The topological polar surface area (TPSA) is 57.6 Å². The van der Waals surface area contributed by atoms with Gasteiger partial charge in [-0.25, -0.2) is 0 Å². The second kappa shape index (κ2) is 5.89. The molecule has 1 heterocycles. The van der Waals surface area contributed by atoms with Gasteiger partial charge in [0.2, 0.25) is 0 Å². The maximum absolute atomic E-state index is 6.13. The molecule has 0 aliphatic heterocycles. The maximum Gasteiger partial charge on any atom is 0.134 e. The number of ether oxygens (including phenoxy) is 2. The molecule has 0 fully saturated rings. The van der Waals surface area contributed by atoms with Crippen molar-refractivity contribution in [3.05, 3.63) is 60.4 Å². The highest BCUT2D eigenvalue weighted by molar-refractivity contribution is 5.77. The maximum atomic E-state index is 6.13. The highest BCUT2D eigenvalue weighted by Crippen LogP contribution is 2.24. The van der Waals surface area contributed by atoms with E-state index < -0.39 is 0 Å². The minimum absolute atomic E-state index is 0.316. The van der Waals surface area contributed by atoms with Crippen molar-refractivity contribution in [3.8, 4) is 11.5 Å². The summed E-state index contributed by atoms with van der Waals surface area (Å²) in [6.07, 6.45) is 0. The predicted molar refractivity (Wildman–Crippen MR) is 81.6 cm³/mol. The average molecular weight is 283 g/mol. The van der Waals surface area contributed by atoms with E-state index in [-0.39, 0.29) is 6.04 Å². The zero-order valence-corrected chi connectivity index (χ0v) is 11.8. The number of hydrogen-bond acceptors (Lipinski definition) is 4. The summed E-state index contributed by atoms with van der Waals surface area (Å²) in [5.41, 5.74) is 6.96. The predicted octanol–water partition coefficient (Wildman–Crippen LogP) is 3.52. The molecule has 0 saturated carbocycles. The van der Waals surface area contributed by atoms with Gasteiger partial charge in [-0.05, 0) is 24.3 Å². The minimum Gasteiger partial charge on any atom is -0.497 e. The normalized spacial score (nSPS) is 12.3. The highest BCUT2D eigenvalue weighted by atomic mass is 16.5. The van der Waals surface area contributed by atoms with Crippen molar-refractivity contribution in [2.45, 2.75) is 6.04 Å². The molecule has 4 nitrogen and oxygen atoms in total. The Labute approximate surface area is 123 Å². The summed E-state index contributed by atoms with van der Waals surface area (Å²) < 4.78 is 16.6. The fourth-order valence-corrected chi connectivity index (χ4v) is 2.14. The Balaban J connectivity index is 1.69. The average Bonchev–Trinajstić information content (AvgIpc) is 2.97. The summed E-state index contributed by atoms with van der Waals surface area (Å²) in [7, 11) is 1.62. The fourth-order valence-electron chi connectivity index (χ4n) is 2.14. The van der Waals surface area contributed by atoms with Crippen LogP contribution in [0.2, 0.25) is 0 Å². The molecular weight excluding hydrogens is 266 g/mol. The first-order valence-electron chi connectivity index (χ1n) is 6.77. The number of fused-ring (bicyclic) bond motifs is 1. The Bertz CT molecular complexity index is 702. The summed E-state index contributed by atoms with van der Waals surface area (Å²) >= 11 is 0. The molecule has 2 aromatic carbocycles. The largest absolute Gasteiger partial charge is 0.497 e. The van der Waals surface area contributed by atoms with Crippen molar-refractivity contribution < 1.29 is 13.9 Å². The lowest BCUT2D eigenvalue weighted by Gasteiger charge is -2.11. The van der Waals surface area contributed by atoms with E-state index in [0.29, 0.717) is 6.61 Å². The van der Waals surface area contributed by atoms with E-state index in [1.165, 1.54) is 0 Å². The van der Waals surface area contributed by atoms with Crippen LogP contribution >= 0.6 is 0 Å². The molecule has 1 unspecified atom stereocenters. The van der Waals surface area contributed by atoms with Crippen LogP contribution in [-0.4, -0.2) is 13.7 Å². The molecule has 3 aromatic rings. The first-order valence-corrected chi connectivity index (χ1v) is 6.77. The Morgan fingerprint density at radius 2 is 1.86 bits per heavy atom. The summed E-state index contributed by atoms with van der Waals surface area (Å²) in [6, 6.07) is 16.9. The van der Waals surface area contributed by atoms with Gasteiger partial charge in [-0.2, -0.15) is 0 Å². The number of methoxy groups -OCH3 is 1. The van der Waals surface area contributed by atoms with Crippen LogP contribution in [0.4, 0.5) is 0 Å². The monoisotopic (exact) mass is 283 g/mol. The lowest BCUT2D eigenvalue weighted by atomic mass is 10.2. The molecule has 21 heavy (non-hydrogen) atoms. The molecule has 2 N–H and O–H groups in total. The van der Waals surface area contributed by atoms with Crippen LogP contribution in [0.5, 0.6) is 11.5 Å². The minimum atomic E-state index is -0.316. The zero-order valence-electron chi connectivity index (χ0n) is 11.8. The molecule has 0 aliphatic rings. The van der Waals surface area contributed by atoms with Crippen molar-refractivity contribution in [2.75, 3.05) is 13.7 Å². The van der Waals surface area contributed by atoms with E-state index in [4.69, 9.17) is 19.6 Å². The van der Waals surface area contributed by atoms with E-state index in [9.17, 15) is 0 Å². The van der Waals surface area contributed by atoms with Crippen molar-refractivity contribution in [3.63, 3.8) is 0 Å². The van der Waals surface area contributed by atoms with E-state index >= 15 is 0 Å². The quantitative estimate of drug-likeness (QED) is 0.778. The highest BCUT2D eigenvalue weighted by Gasteiger charge is 2.13. The SMILES string of the molecule is COc1cccc(OCC(N)c2cc3ccccc3o2)c1. The second-order valence-corrected chi connectivity index (χ2v) is 4.78. The number of benzene rings is 2. The lowest BCUT2D eigenvalue weighted by Crippen LogP contribution is -2.18. The molecule has 0 bridgehead atoms. The molecule has 0 amide bonds. The van der Waals surface area contributed by atoms with E-state index in [2.05, 4.69) is 0 Å². The molecule has 0 spiro atoms. The molecular formula is C17H17NO3. The number of nitrogens with two attached hydrogens (primary N) is 1. The Morgan fingerprint density at radius 3 is 2.67 bits per heavy atom. The number of rotatable bonds is 5. The van der Waals surface area contributed by atoms with Gasteiger partial charge in [-0.1, -0.05) is 24.3 Å². The Kier molecular flexibility index (Phi) is 3.79. The van der Waals surface area contributed by atoms with Crippen LogP contribution in [-0.2, 0) is 0 Å². The number of hydrogen-bond donors (Lipinski definition) is 1. The van der Waals surface area contributed by atoms with Gasteiger partial charge in [0.05, 0.1) is 13.2 Å². The Hall–Kier alpha value is -2.46. The van der Waals surface area contributed by atoms with E-state index in [1.807, 2.05) is 54.6 Å². The third kappa shape index (κ3) is 3.01. The smallest absolute Gasteiger partial charge is 0.134 e. The molecule has 108 valence electrons. The van der Waals surface area contributed by atoms with Gasteiger partial charge in [0.15, 0.2) is 0 Å². The summed E-state index contributed by atoms with van der Waals surface area (Å²) in [6.45, 7) is 0.340. The second-order valence-electron chi connectivity index (χ2n) is 4.78. The summed E-state index contributed by atoms with van der Waals surface area (Å²) in [5.74, 6) is 2.20. The van der Waals surface area contributed by atoms with Crippen LogP contribution < -0.4 is 15.2 Å². The van der Waals surface area contributed by atoms with Gasteiger partial charge in [0, 0.05) is 11.5 Å².